The lowest BCUT2D eigenvalue weighted by Gasteiger charge is -2.53. The summed E-state index contributed by atoms with van der Waals surface area (Å²) < 4.78 is 30.1. The minimum Gasteiger partial charge on any atom is -0.508 e. The maximum Gasteiger partial charge on any atom is 0.297 e. The van der Waals surface area contributed by atoms with Gasteiger partial charge in [-0.2, -0.15) is 8.42 Å². The largest absolute Gasteiger partial charge is 0.508 e. The summed E-state index contributed by atoms with van der Waals surface area (Å²) in [6.07, 6.45) is 3.36. The van der Waals surface area contributed by atoms with E-state index in [0.29, 0.717) is 12.1 Å². The molecule has 6 heteroatoms. The number of aromatic hydroxyl groups is 1. The molecule has 5 nitrogen and oxygen atoms in total. The van der Waals surface area contributed by atoms with Crippen molar-refractivity contribution in [3.8, 4) is 5.75 Å². The van der Waals surface area contributed by atoms with Crippen LogP contribution in [0.3, 0.4) is 0 Å². The van der Waals surface area contributed by atoms with Crippen molar-refractivity contribution in [2.24, 2.45) is 0 Å². The van der Waals surface area contributed by atoms with Crippen LogP contribution in [0.25, 0.3) is 0 Å². The van der Waals surface area contributed by atoms with Gasteiger partial charge in [0.1, 0.15) is 10.6 Å². The SMILES string of the molecule is Cc1ccc(O)cc1S(=O)(=O)OCCN1C(C)(C)CCCC1(C)C. The van der Waals surface area contributed by atoms with Gasteiger partial charge < -0.3 is 5.11 Å². The van der Waals surface area contributed by atoms with Crippen molar-refractivity contribution in [2.45, 2.75) is 69.9 Å². The first-order chi connectivity index (χ1) is 11.0. The molecule has 24 heavy (non-hydrogen) atoms. The number of likely N-dealkylation sites (tertiary alicyclic amines) is 1. The molecule has 1 aliphatic rings. The van der Waals surface area contributed by atoms with Crippen LogP contribution in [0.2, 0.25) is 0 Å². The van der Waals surface area contributed by atoms with E-state index in [1.807, 2.05) is 0 Å². The second-order valence-corrected chi connectivity index (χ2v) is 9.44. The lowest BCUT2D eigenvalue weighted by Crippen LogP contribution is -2.59. The Kier molecular flexibility index (Phi) is 5.33. The predicted octanol–water partition coefficient (Wildman–Crippen LogP) is 3.45. The molecule has 1 aromatic carbocycles. The lowest BCUT2D eigenvalue weighted by molar-refractivity contribution is -0.0336. The molecule has 1 aliphatic heterocycles. The first-order valence-electron chi connectivity index (χ1n) is 8.42. The van der Waals surface area contributed by atoms with Gasteiger partial charge in [-0.1, -0.05) is 6.07 Å². The van der Waals surface area contributed by atoms with Crippen molar-refractivity contribution >= 4 is 10.1 Å². The topological polar surface area (TPSA) is 66.8 Å². The van der Waals surface area contributed by atoms with Gasteiger partial charge in [-0.15, -0.1) is 0 Å². The van der Waals surface area contributed by atoms with E-state index in [0.717, 1.165) is 12.8 Å². The van der Waals surface area contributed by atoms with Gasteiger partial charge in [0.2, 0.25) is 0 Å². The minimum absolute atomic E-state index is 0.0236. The van der Waals surface area contributed by atoms with Gasteiger partial charge in [-0.25, -0.2) is 0 Å². The molecule has 136 valence electrons. The molecule has 0 aromatic heterocycles. The van der Waals surface area contributed by atoms with Gasteiger partial charge in [-0.05, 0) is 65.5 Å². The Bertz CT molecular complexity index is 679. The zero-order valence-electron chi connectivity index (χ0n) is 15.3. The van der Waals surface area contributed by atoms with Crippen LogP contribution in [0.15, 0.2) is 23.1 Å². The van der Waals surface area contributed by atoms with Crippen molar-refractivity contribution in [3.05, 3.63) is 23.8 Å². The molecule has 0 radical (unpaired) electrons. The summed E-state index contributed by atoms with van der Waals surface area (Å²) in [6.45, 7) is 11.1. The molecule has 0 aliphatic carbocycles. The highest BCUT2D eigenvalue weighted by Crippen LogP contribution is 2.37. The summed E-state index contributed by atoms with van der Waals surface area (Å²) in [5.41, 5.74) is 0.609. The van der Waals surface area contributed by atoms with Crippen LogP contribution in [-0.4, -0.2) is 42.7 Å². The fraction of sp³-hybridized carbons (Fsp3) is 0.667. The number of hydrogen-bond acceptors (Lipinski definition) is 5. The first-order valence-corrected chi connectivity index (χ1v) is 9.83. The summed E-state index contributed by atoms with van der Waals surface area (Å²) in [5, 5.41) is 9.54. The molecule has 0 atom stereocenters. The van der Waals surface area contributed by atoms with Crippen molar-refractivity contribution < 1.29 is 17.7 Å². The second kappa shape index (κ2) is 6.65. The fourth-order valence-corrected chi connectivity index (χ4v) is 4.96. The molecule has 0 unspecified atom stereocenters. The number of phenols is 1. The highest BCUT2D eigenvalue weighted by atomic mass is 32.2. The molecule has 1 heterocycles. The van der Waals surface area contributed by atoms with E-state index in [4.69, 9.17) is 4.18 Å². The van der Waals surface area contributed by atoms with Crippen LogP contribution in [0.1, 0.15) is 52.5 Å². The monoisotopic (exact) mass is 355 g/mol. The summed E-state index contributed by atoms with van der Waals surface area (Å²) in [6, 6.07) is 4.27. The predicted molar refractivity (Wildman–Crippen MR) is 94.7 cm³/mol. The summed E-state index contributed by atoms with van der Waals surface area (Å²) in [5.74, 6) is -0.0823. The average molecular weight is 356 g/mol. The Morgan fingerprint density at radius 2 is 1.75 bits per heavy atom. The molecule has 0 spiro atoms. The van der Waals surface area contributed by atoms with E-state index in [1.165, 1.54) is 18.6 Å². The highest BCUT2D eigenvalue weighted by Gasteiger charge is 2.40. The van der Waals surface area contributed by atoms with Gasteiger partial charge in [0, 0.05) is 23.7 Å². The van der Waals surface area contributed by atoms with Crippen LogP contribution in [-0.2, 0) is 14.3 Å². The Morgan fingerprint density at radius 1 is 1.17 bits per heavy atom. The number of phenolic OH excluding ortho intramolecular Hbond substituents is 1. The number of nitrogens with zero attached hydrogens (tertiary/aromatic N) is 1. The van der Waals surface area contributed by atoms with Crippen molar-refractivity contribution in [2.75, 3.05) is 13.2 Å². The van der Waals surface area contributed by atoms with E-state index in [9.17, 15) is 13.5 Å². The Hall–Kier alpha value is -1.11. The highest BCUT2D eigenvalue weighted by molar-refractivity contribution is 7.86. The normalized spacial score (nSPS) is 20.9. The van der Waals surface area contributed by atoms with E-state index < -0.39 is 10.1 Å². The number of aryl methyl sites for hydroxylation is 1. The molecule has 1 aromatic rings. The summed E-state index contributed by atoms with van der Waals surface area (Å²) in [7, 11) is -3.88. The zero-order chi connectivity index (χ0) is 18.2. The number of benzene rings is 1. The third-order valence-electron chi connectivity index (χ3n) is 5.03. The minimum atomic E-state index is -3.88. The molecule has 0 amide bonds. The molecule has 1 N–H and O–H groups in total. The van der Waals surface area contributed by atoms with Crippen LogP contribution >= 0.6 is 0 Å². The zero-order valence-corrected chi connectivity index (χ0v) is 16.1. The van der Waals surface area contributed by atoms with Crippen molar-refractivity contribution in [1.82, 2.24) is 4.90 Å². The maximum absolute atomic E-state index is 12.4. The summed E-state index contributed by atoms with van der Waals surface area (Å²) >= 11 is 0. The molecule has 2 rings (SSSR count). The average Bonchev–Trinajstić information content (AvgIpc) is 2.44. The molecular formula is C18H29NO4S. The van der Waals surface area contributed by atoms with E-state index in [2.05, 4.69) is 32.6 Å². The molecule has 1 saturated heterocycles. The lowest BCUT2D eigenvalue weighted by atomic mass is 9.80. The Balaban J connectivity index is 2.08. The quantitative estimate of drug-likeness (QED) is 0.820. The van der Waals surface area contributed by atoms with E-state index in [-0.39, 0.29) is 28.3 Å². The van der Waals surface area contributed by atoms with Gasteiger partial charge in [0.25, 0.3) is 10.1 Å². The van der Waals surface area contributed by atoms with Crippen molar-refractivity contribution in [1.29, 1.82) is 0 Å². The number of piperidine rings is 1. The summed E-state index contributed by atoms with van der Waals surface area (Å²) in [4.78, 5) is 2.37. The van der Waals surface area contributed by atoms with Gasteiger partial charge in [0.05, 0.1) is 6.61 Å². The van der Waals surface area contributed by atoms with E-state index in [1.54, 1.807) is 13.0 Å². The molecular weight excluding hydrogens is 326 g/mol. The van der Waals surface area contributed by atoms with Crippen LogP contribution in [0.4, 0.5) is 0 Å². The van der Waals surface area contributed by atoms with Crippen LogP contribution in [0, 0.1) is 6.92 Å². The molecule has 0 bridgehead atoms. The van der Waals surface area contributed by atoms with Crippen LogP contribution in [0.5, 0.6) is 5.75 Å². The third kappa shape index (κ3) is 4.10. The second-order valence-electron chi connectivity index (χ2n) is 7.86. The van der Waals surface area contributed by atoms with Gasteiger partial charge in [0.15, 0.2) is 0 Å². The first kappa shape index (κ1) is 19.2. The van der Waals surface area contributed by atoms with Crippen molar-refractivity contribution in [3.63, 3.8) is 0 Å². The van der Waals surface area contributed by atoms with Gasteiger partial charge >= 0.3 is 0 Å². The Labute approximate surface area is 145 Å². The molecule has 0 saturated carbocycles. The number of hydrogen-bond donors (Lipinski definition) is 1. The fourth-order valence-electron chi connectivity index (χ4n) is 3.81. The standard InChI is InChI=1S/C18H29NO4S/c1-14-7-8-15(20)13-16(14)24(21,22)23-12-11-19-17(2,3)9-6-10-18(19,4)5/h7-8,13,20H,6,9-12H2,1-5H3. The Morgan fingerprint density at radius 3 is 2.33 bits per heavy atom. The maximum atomic E-state index is 12.4. The smallest absolute Gasteiger partial charge is 0.297 e. The number of rotatable bonds is 5. The third-order valence-corrected chi connectivity index (χ3v) is 6.49. The van der Waals surface area contributed by atoms with Gasteiger partial charge in [-0.3, -0.25) is 9.08 Å². The van der Waals surface area contributed by atoms with E-state index >= 15 is 0 Å². The molecule has 1 fully saturated rings. The van der Waals surface area contributed by atoms with Crippen LogP contribution < -0.4 is 0 Å².